The normalized spacial score (nSPS) is 17.5. The molecule has 2 rings (SSSR count). The molecule has 1 aliphatic carbocycles. The lowest BCUT2D eigenvalue weighted by atomic mass is 9.94. The second kappa shape index (κ2) is 6.68. The molecule has 1 heterocycles. The number of nitrogens with two attached hydrogens (primary N) is 1. The van der Waals surface area contributed by atoms with E-state index in [1.807, 2.05) is 13.8 Å². The van der Waals surface area contributed by atoms with E-state index in [1.54, 1.807) is 0 Å². The zero-order chi connectivity index (χ0) is 13.2. The number of halogens is 1. The Balaban J connectivity index is 0.00000180. The summed E-state index contributed by atoms with van der Waals surface area (Å²) in [6.07, 6.45) is 6.59. The Hall–Kier alpha value is -0.650. The van der Waals surface area contributed by atoms with Crippen molar-refractivity contribution >= 4 is 12.4 Å². The van der Waals surface area contributed by atoms with Crippen LogP contribution in [0.5, 0.6) is 0 Å². The molecule has 0 aromatic carbocycles. The molecule has 6 heteroatoms. The smallest absolute Gasteiger partial charge is 0.240 e. The van der Waals surface area contributed by atoms with E-state index in [9.17, 15) is 0 Å². The van der Waals surface area contributed by atoms with Crippen LogP contribution in [0, 0.1) is 0 Å². The highest BCUT2D eigenvalue weighted by Crippen LogP contribution is 2.23. The van der Waals surface area contributed by atoms with Gasteiger partial charge >= 0.3 is 0 Å². The summed E-state index contributed by atoms with van der Waals surface area (Å²) >= 11 is 0. The fourth-order valence-electron chi connectivity index (χ4n) is 2.45. The summed E-state index contributed by atoms with van der Waals surface area (Å²) in [6.45, 7) is 4.48. The highest BCUT2D eigenvalue weighted by Gasteiger charge is 2.23. The highest BCUT2D eigenvalue weighted by molar-refractivity contribution is 5.85. The first-order valence-electron chi connectivity index (χ1n) is 6.79. The fourth-order valence-corrected chi connectivity index (χ4v) is 2.45. The molecule has 0 aliphatic heterocycles. The Bertz CT molecular complexity index is 382. The molecular weight excluding hydrogens is 264 g/mol. The molecule has 1 aromatic heterocycles. The SMILES string of the molecule is CN(Cc1nc(C(C)(C)N)no1)C1CCCCC1.Cl. The van der Waals surface area contributed by atoms with Gasteiger partial charge in [-0.25, -0.2) is 0 Å². The van der Waals surface area contributed by atoms with Gasteiger partial charge < -0.3 is 10.3 Å². The molecular formula is C13H25ClN4O. The van der Waals surface area contributed by atoms with Gasteiger partial charge in [0.2, 0.25) is 5.89 Å². The van der Waals surface area contributed by atoms with Gasteiger partial charge in [-0.15, -0.1) is 12.4 Å². The van der Waals surface area contributed by atoms with Gasteiger partial charge in [0.25, 0.3) is 0 Å². The van der Waals surface area contributed by atoms with Gasteiger partial charge in [0.1, 0.15) is 0 Å². The lowest BCUT2D eigenvalue weighted by Crippen LogP contribution is -2.33. The van der Waals surface area contributed by atoms with Crippen LogP contribution in [0.3, 0.4) is 0 Å². The van der Waals surface area contributed by atoms with Crippen molar-refractivity contribution in [3.8, 4) is 0 Å². The maximum Gasteiger partial charge on any atom is 0.240 e. The summed E-state index contributed by atoms with van der Waals surface area (Å²) in [6, 6.07) is 0.653. The molecule has 0 radical (unpaired) electrons. The van der Waals surface area contributed by atoms with Gasteiger partial charge in [-0.05, 0) is 33.7 Å². The first kappa shape index (κ1) is 16.4. The van der Waals surface area contributed by atoms with E-state index in [0.29, 0.717) is 24.3 Å². The topological polar surface area (TPSA) is 68.2 Å². The zero-order valence-corrected chi connectivity index (χ0v) is 12.9. The van der Waals surface area contributed by atoms with E-state index in [2.05, 4.69) is 22.1 Å². The first-order chi connectivity index (χ1) is 8.47. The van der Waals surface area contributed by atoms with Crippen molar-refractivity contribution in [2.45, 2.75) is 64.1 Å². The van der Waals surface area contributed by atoms with Gasteiger partial charge in [0.15, 0.2) is 5.82 Å². The minimum Gasteiger partial charge on any atom is -0.338 e. The van der Waals surface area contributed by atoms with E-state index in [-0.39, 0.29) is 12.4 Å². The summed E-state index contributed by atoms with van der Waals surface area (Å²) < 4.78 is 5.27. The lowest BCUT2D eigenvalue weighted by Gasteiger charge is -2.29. The third kappa shape index (κ3) is 4.44. The van der Waals surface area contributed by atoms with Gasteiger partial charge in [-0.1, -0.05) is 24.4 Å². The predicted molar refractivity (Wildman–Crippen MR) is 77.1 cm³/mol. The maximum absolute atomic E-state index is 5.95. The van der Waals surface area contributed by atoms with Crippen molar-refractivity contribution in [1.82, 2.24) is 15.0 Å². The quantitative estimate of drug-likeness (QED) is 0.922. The van der Waals surface area contributed by atoms with Crippen molar-refractivity contribution in [3.05, 3.63) is 11.7 Å². The van der Waals surface area contributed by atoms with Crippen LogP contribution in [0.2, 0.25) is 0 Å². The highest BCUT2D eigenvalue weighted by atomic mass is 35.5. The van der Waals surface area contributed by atoms with Gasteiger partial charge in [-0.3, -0.25) is 4.90 Å². The van der Waals surface area contributed by atoms with E-state index < -0.39 is 5.54 Å². The molecule has 0 saturated heterocycles. The van der Waals surface area contributed by atoms with Crippen LogP contribution in [-0.2, 0) is 12.1 Å². The zero-order valence-electron chi connectivity index (χ0n) is 12.1. The maximum atomic E-state index is 5.95. The molecule has 1 aliphatic rings. The predicted octanol–water partition coefficient (Wildman–Crippen LogP) is 2.45. The molecule has 2 N–H and O–H groups in total. The van der Waals surface area contributed by atoms with Crippen molar-refractivity contribution in [1.29, 1.82) is 0 Å². The van der Waals surface area contributed by atoms with Gasteiger partial charge in [0, 0.05) is 6.04 Å². The molecule has 0 bridgehead atoms. The monoisotopic (exact) mass is 288 g/mol. The average molecular weight is 289 g/mol. The molecule has 1 aromatic rings. The Labute approximate surface area is 121 Å². The fraction of sp³-hybridized carbons (Fsp3) is 0.846. The van der Waals surface area contributed by atoms with E-state index in [0.717, 1.165) is 0 Å². The van der Waals surface area contributed by atoms with Crippen LogP contribution >= 0.6 is 12.4 Å². The second-order valence-corrected chi connectivity index (χ2v) is 5.94. The third-order valence-electron chi connectivity index (χ3n) is 3.63. The number of hydrogen-bond donors (Lipinski definition) is 1. The largest absolute Gasteiger partial charge is 0.338 e. The van der Waals surface area contributed by atoms with Crippen molar-refractivity contribution in [3.63, 3.8) is 0 Å². The summed E-state index contributed by atoms with van der Waals surface area (Å²) in [5.74, 6) is 1.24. The van der Waals surface area contributed by atoms with Crippen LogP contribution < -0.4 is 5.73 Å². The minimum atomic E-state index is -0.537. The standard InChI is InChI=1S/C13H24N4O.ClH/c1-13(2,14)12-15-11(18-16-12)9-17(3)10-7-5-4-6-8-10;/h10H,4-9,14H2,1-3H3;1H. The molecule has 0 unspecified atom stereocenters. The Morgan fingerprint density at radius 1 is 1.32 bits per heavy atom. The molecule has 110 valence electrons. The van der Waals surface area contributed by atoms with Gasteiger partial charge in [0.05, 0.1) is 12.1 Å². The van der Waals surface area contributed by atoms with Crippen LogP contribution in [0.1, 0.15) is 57.7 Å². The Kier molecular flexibility index (Phi) is 5.77. The average Bonchev–Trinajstić information content (AvgIpc) is 2.78. The number of hydrogen-bond acceptors (Lipinski definition) is 5. The summed E-state index contributed by atoms with van der Waals surface area (Å²) in [4.78, 5) is 6.69. The van der Waals surface area contributed by atoms with Gasteiger partial charge in [-0.2, -0.15) is 4.98 Å². The summed E-state index contributed by atoms with van der Waals surface area (Å²) in [5, 5.41) is 3.95. The molecule has 5 nitrogen and oxygen atoms in total. The molecule has 1 fully saturated rings. The Morgan fingerprint density at radius 2 is 1.95 bits per heavy atom. The van der Waals surface area contributed by atoms with Crippen molar-refractivity contribution in [2.75, 3.05) is 7.05 Å². The van der Waals surface area contributed by atoms with Crippen LogP contribution in [0.4, 0.5) is 0 Å². The molecule has 0 spiro atoms. The van der Waals surface area contributed by atoms with Crippen molar-refractivity contribution in [2.24, 2.45) is 5.73 Å². The van der Waals surface area contributed by atoms with Crippen molar-refractivity contribution < 1.29 is 4.52 Å². The number of aromatic nitrogens is 2. The van der Waals surface area contributed by atoms with E-state index >= 15 is 0 Å². The number of nitrogens with zero attached hydrogens (tertiary/aromatic N) is 3. The first-order valence-corrected chi connectivity index (χ1v) is 6.79. The summed E-state index contributed by atoms with van der Waals surface area (Å²) in [5.41, 5.74) is 5.41. The molecule has 0 amide bonds. The van der Waals surface area contributed by atoms with Crippen LogP contribution in [0.15, 0.2) is 4.52 Å². The second-order valence-electron chi connectivity index (χ2n) is 5.94. The molecule has 1 saturated carbocycles. The van der Waals surface area contributed by atoms with Crippen LogP contribution in [-0.4, -0.2) is 28.1 Å². The minimum absolute atomic E-state index is 0. The third-order valence-corrected chi connectivity index (χ3v) is 3.63. The summed E-state index contributed by atoms with van der Waals surface area (Å²) in [7, 11) is 2.13. The number of rotatable bonds is 4. The van der Waals surface area contributed by atoms with E-state index in [4.69, 9.17) is 10.3 Å². The lowest BCUT2D eigenvalue weighted by molar-refractivity contribution is 0.165. The molecule has 19 heavy (non-hydrogen) atoms. The molecule has 0 atom stereocenters. The Morgan fingerprint density at radius 3 is 2.47 bits per heavy atom. The van der Waals surface area contributed by atoms with E-state index in [1.165, 1.54) is 32.1 Å². The van der Waals surface area contributed by atoms with Crippen LogP contribution in [0.25, 0.3) is 0 Å².